The Morgan fingerprint density at radius 3 is 1.96 bits per heavy atom. The highest BCUT2D eigenvalue weighted by atomic mass is 32.2. The lowest BCUT2D eigenvalue weighted by Crippen LogP contribution is -2.35. The number of imide groups is 1. The predicted octanol–water partition coefficient (Wildman–Crippen LogP) is 3.95. The van der Waals surface area contributed by atoms with Crippen molar-refractivity contribution in [3.05, 3.63) is 24.3 Å². The van der Waals surface area contributed by atoms with Gasteiger partial charge in [0.05, 0.1) is 10.6 Å². The van der Waals surface area contributed by atoms with Crippen molar-refractivity contribution in [1.82, 2.24) is 0 Å². The molecular formula is C18H27NO5S. The van der Waals surface area contributed by atoms with E-state index >= 15 is 0 Å². The average Bonchev–Trinajstić information content (AvgIpc) is 2.53. The lowest BCUT2D eigenvalue weighted by atomic mass is 10.1. The topological polar surface area (TPSA) is 91.8 Å². The molecule has 0 aromatic heterocycles. The van der Waals surface area contributed by atoms with Crippen molar-refractivity contribution in [2.45, 2.75) is 70.1 Å². The van der Waals surface area contributed by atoms with Gasteiger partial charge in [-0.3, -0.25) is 19.0 Å². The zero-order chi connectivity index (χ0) is 18.9. The maximum absolute atomic E-state index is 12.3. The van der Waals surface area contributed by atoms with Crippen LogP contribution in [0.4, 0.5) is 5.69 Å². The van der Waals surface area contributed by atoms with Crippen LogP contribution in [-0.2, 0) is 19.7 Å². The Morgan fingerprint density at radius 1 is 0.960 bits per heavy atom. The minimum atomic E-state index is -4.30. The molecule has 0 heterocycles. The number of nitrogens with zero attached hydrogens (tertiary/aromatic N) is 1. The number of amides is 2. The highest BCUT2D eigenvalue weighted by Gasteiger charge is 2.20. The Labute approximate surface area is 150 Å². The Balaban J connectivity index is 2.61. The number of hydrogen-bond acceptors (Lipinski definition) is 4. The van der Waals surface area contributed by atoms with Crippen LogP contribution in [0.5, 0.6) is 0 Å². The zero-order valence-electron chi connectivity index (χ0n) is 14.9. The van der Waals surface area contributed by atoms with Crippen LogP contribution in [0.1, 0.15) is 65.2 Å². The van der Waals surface area contributed by atoms with Crippen molar-refractivity contribution in [2.75, 3.05) is 4.90 Å². The van der Waals surface area contributed by atoms with E-state index in [0.717, 1.165) is 30.6 Å². The molecule has 0 radical (unpaired) electrons. The van der Waals surface area contributed by atoms with Gasteiger partial charge in [0.25, 0.3) is 10.1 Å². The first-order valence-electron chi connectivity index (χ1n) is 8.68. The van der Waals surface area contributed by atoms with Gasteiger partial charge in [-0.1, -0.05) is 45.4 Å². The molecule has 0 aliphatic carbocycles. The molecule has 2 amide bonds. The maximum Gasteiger partial charge on any atom is 0.294 e. The molecular weight excluding hydrogens is 342 g/mol. The van der Waals surface area contributed by atoms with Crippen LogP contribution >= 0.6 is 0 Å². The number of unbranched alkanes of at least 4 members (excludes halogenated alkanes) is 6. The lowest BCUT2D eigenvalue weighted by molar-refractivity contribution is -0.125. The Kier molecular flexibility index (Phi) is 8.78. The average molecular weight is 369 g/mol. The summed E-state index contributed by atoms with van der Waals surface area (Å²) in [4.78, 5) is 24.9. The molecule has 0 spiro atoms. The fraction of sp³-hybridized carbons (Fsp3) is 0.556. The molecule has 0 fully saturated rings. The third-order valence-electron chi connectivity index (χ3n) is 3.95. The van der Waals surface area contributed by atoms with Crippen molar-refractivity contribution >= 4 is 27.6 Å². The molecule has 0 saturated heterocycles. The number of carbonyl (C=O) groups is 2. The van der Waals surface area contributed by atoms with Gasteiger partial charge in [0, 0.05) is 13.3 Å². The van der Waals surface area contributed by atoms with Crippen molar-refractivity contribution in [3.8, 4) is 0 Å². The molecule has 0 saturated carbocycles. The van der Waals surface area contributed by atoms with E-state index in [1.54, 1.807) is 0 Å². The van der Waals surface area contributed by atoms with Crippen LogP contribution in [0.3, 0.4) is 0 Å². The van der Waals surface area contributed by atoms with Gasteiger partial charge in [-0.25, -0.2) is 0 Å². The fourth-order valence-electron chi connectivity index (χ4n) is 2.61. The van der Waals surface area contributed by atoms with E-state index in [1.165, 1.54) is 50.5 Å². The summed E-state index contributed by atoms with van der Waals surface area (Å²) in [5, 5.41) is 0. The van der Waals surface area contributed by atoms with Crippen LogP contribution in [-0.4, -0.2) is 24.8 Å². The van der Waals surface area contributed by atoms with Crippen molar-refractivity contribution in [2.24, 2.45) is 0 Å². The van der Waals surface area contributed by atoms with Gasteiger partial charge >= 0.3 is 0 Å². The van der Waals surface area contributed by atoms with Crippen LogP contribution < -0.4 is 4.90 Å². The normalized spacial score (nSPS) is 11.3. The van der Waals surface area contributed by atoms with E-state index in [1.807, 2.05) is 0 Å². The highest BCUT2D eigenvalue weighted by molar-refractivity contribution is 7.85. The Morgan fingerprint density at radius 2 is 1.48 bits per heavy atom. The monoisotopic (exact) mass is 369 g/mol. The third-order valence-corrected chi connectivity index (χ3v) is 4.82. The van der Waals surface area contributed by atoms with Gasteiger partial charge in [0.15, 0.2) is 0 Å². The minimum Gasteiger partial charge on any atom is -0.282 e. The number of anilines is 1. The highest BCUT2D eigenvalue weighted by Crippen LogP contribution is 2.20. The number of hydrogen-bond donors (Lipinski definition) is 1. The van der Waals surface area contributed by atoms with Gasteiger partial charge in [-0.15, -0.1) is 0 Å². The summed E-state index contributed by atoms with van der Waals surface area (Å²) in [5.74, 6) is -0.729. The molecule has 0 aliphatic rings. The summed E-state index contributed by atoms with van der Waals surface area (Å²) in [6, 6.07) is 5.02. The van der Waals surface area contributed by atoms with Gasteiger partial charge < -0.3 is 0 Å². The van der Waals surface area contributed by atoms with Crippen LogP contribution in [0.25, 0.3) is 0 Å². The van der Waals surface area contributed by atoms with Crippen molar-refractivity contribution < 1.29 is 22.6 Å². The lowest BCUT2D eigenvalue weighted by Gasteiger charge is -2.19. The second-order valence-electron chi connectivity index (χ2n) is 6.09. The number of benzene rings is 1. The first-order chi connectivity index (χ1) is 11.8. The number of carbonyl (C=O) groups excluding carboxylic acids is 2. The first kappa shape index (κ1) is 21.3. The van der Waals surface area contributed by atoms with Crippen molar-refractivity contribution in [1.29, 1.82) is 0 Å². The van der Waals surface area contributed by atoms with Gasteiger partial charge in [0.2, 0.25) is 11.8 Å². The molecule has 1 aromatic rings. The molecule has 25 heavy (non-hydrogen) atoms. The Bertz CT molecular complexity index is 667. The predicted molar refractivity (Wildman–Crippen MR) is 97.0 cm³/mol. The molecule has 0 unspecified atom stereocenters. The molecule has 1 N–H and O–H groups in total. The largest absolute Gasteiger partial charge is 0.294 e. The molecule has 7 heteroatoms. The van der Waals surface area contributed by atoms with Crippen molar-refractivity contribution in [3.63, 3.8) is 0 Å². The second-order valence-corrected chi connectivity index (χ2v) is 7.51. The SMILES string of the molecule is CCCCCCCCCC(=O)N(C(C)=O)c1ccc(S(=O)(=O)O)cc1. The summed E-state index contributed by atoms with van der Waals surface area (Å²) < 4.78 is 31.1. The first-order valence-corrected chi connectivity index (χ1v) is 10.1. The van der Waals surface area contributed by atoms with Crippen LogP contribution in [0, 0.1) is 0 Å². The van der Waals surface area contributed by atoms with E-state index in [2.05, 4.69) is 6.92 Å². The van der Waals surface area contributed by atoms with E-state index in [9.17, 15) is 18.0 Å². The summed E-state index contributed by atoms with van der Waals surface area (Å²) in [5.41, 5.74) is 0.299. The molecule has 1 rings (SSSR count). The standard InChI is InChI=1S/C18H27NO5S/c1-3-4-5-6-7-8-9-10-18(21)19(15(2)20)16-11-13-17(14-12-16)25(22,23)24/h11-14H,3-10H2,1-2H3,(H,22,23,24). The van der Waals surface area contributed by atoms with Crippen LogP contribution in [0.15, 0.2) is 29.2 Å². The summed E-state index contributed by atoms with van der Waals surface area (Å²) in [7, 11) is -4.30. The summed E-state index contributed by atoms with van der Waals surface area (Å²) in [6.07, 6.45) is 7.82. The van der Waals surface area contributed by atoms with Gasteiger partial charge in [-0.05, 0) is 30.7 Å². The summed E-state index contributed by atoms with van der Waals surface area (Å²) in [6.45, 7) is 3.46. The maximum atomic E-state index is 12.3. The van der Waals surface area contributed by atoms with E-state index < -0.39 is 16.0 Å². The third kappa shape index (κ3) is 7.36. The molecule has 6 nitrogen and oxygen atoms in total. The smallest absolute Gasteiger partial charge is 0.282 e. The summed E-state index contributed by atoms with van der Waals surface area (Å²) >= 11 is 0. The zero-order valence-corrected chi connectivity index (χ0v) is 15.7. The Hall–Kier alpha value is -1.73. The van der Waals surface area contributed by atoms with Gasteiger partial charge in [-0.2, -0.15) is 8.42 Å². The molecule has 140 valence electrons. The second kappa shape index (κ2) is 10.3. The van der Waals surface area contributed by atoms with E-state index in [4.69, 9.17) is 4.55 Å². The minimum absolute atomic E-state index is 0.271. The van der Waals surface area contributed by atoms with Crippen LogP contribution in [0.2, 0.25) is 0 Å². The molecule has 0 aliphatic heterocycles. The van der Waals surface area contributed by atoms with E-state index in [-0.39, 0.29) is 17.2 Å². The van der Waals surface area contributed by atoms with Gasteiger partial charge in [0.1, 0.15) is 0 Å². The number of rotatable bonds is 10. The molecule has 0 bridgehead atoms. The molecule has 1 aromatic carbocycles. The quantitative estimate of drug-likeness (QED) is 0.498. The molecule has 0 atom stereocenters. The fourth-order valence-corrected chi connectivity index (χ4v) is 3.09. The van der Waals surface area contributed by atoms with E-state index in [0.29, 0.717) is 5.69 Å².